The maximum absolute atomic E-state index is 10.4. The Hall–Kier alpha value is -1.36. The normalized spacial score (nSPS) is 14.3. The Bertz CT molecular complexity index is 437. The minimum Gasteiger partial charge on any atom is -0.480 e. The van der Waals surface area contributed by atoms with Crippen LogP contribution in [0.3, 0.4) is 0 Å². The summed E-state index contributed by atoms with van der Waals surface area (Å²) in [5, 5.41) is 11.5. The molecule has 0 atom stereocenters. The molecular weight excluding hydrogens is 188 g/mol. The Morgan fingerprint density at radius 2 is 2.62 bits per heavy atom. The van der Waals surface area contributed by atoms with E-state index in [4.69, 9.17) is 5.11 Å². The summed E-state index contributed by atoms with van der Waals surface area (Å²) >= 11 is 1.57. The van der Waals surface area contributed by atoms with Crippen molar-refractivity contribution in [2.45, 2.75) is 0 Å². The van der Waals surface area contributed by atoms with E-state index in [1.807, 2.05) is 17.6 Å². The van der Waals surface area contributed by atoms with Crippen LogP contribution in [0.1, 0.15) is 0 Å². The minimum atomic E-state index is -0.829. The van der Waals surface area contributed by atoms with Crippen molar-refractivity contribution >= 4 is 23.5 Å². The lowest BCUT2D eigenvalue weighted by Gasteiger charge is -2.16. The van der Waals surface area contributed by atoms with Crippen molar-refractivity contribution in [3.8, 4) is 0 Å². The van der Waals surface area contributed by atoms with Crippen molar-refractivity contribution in [1.29, 1.82) is 0 Å². The molecule has 0 fully saturated rings. The molecule has 5 heteroatoms. The van der Waals surface area contributed by atoms with Crippen LogP contribution in [0.15, 0.2) is 16.4 Å². The third kappa shape index (κ3) is 1.70. The fourth-order valence-electron chi connectivity index (χ4n) is 1.20. The van der Waals surface area contributed by atoms with E-state index >= 15 is 0 Å². The number of hydrogen-bond donors (Lipinski definition) is 1. The van der Waals surface area contributed by atoms with E-state index in [1.54, 1.807) is 16.2 Å². The van der Waals surface area contributed by atoms with Gasteiger partial charge in [-0.2, -0.15) is 0 Å². The number of aliphatic carboxylic acids is 1. The summed E-state index contributed by atoms with van der Waals surface area (Å²) in [5.74, 6) is -0.829. The molecule has 4 nitrogen and oxygen atoms in total. The average Bonchev–Trinajstić information content (AvgIpc) is 2.49. The molecule has 0 radical (unpaired) electrons. The Morgan fingerprint density at radius 3 is 3.38 bits per heavy atom. The van der Waals surface area contributed by atoms with Gasteiger partial charge < -0.3 is 10.0 Å². The molecule has 0 aromatic carbocycles. The number of nitrogens with zero attached hydrogens (tertiary/aromatic N) is 2. The predicted octanol–water partition coefficient (Wildman–Crippen LogP) is -0.537. The average molecular weight is 196 g/mol. The number of rotatable bonds is 2. The summed E-state index contributed by atoms with van der Waals surface area (Å²) in [7, 11) is 0. The van der Waals surface area contributed by atoms with E-state index in [-0.39, 0.29) is 6.54 Å². The van der Waals surface area contributed by atoms with E-state index in [0.717, 1.165) is 9.89 Å². The van der Waals surface area contributed by atoms with Gasteiger partial charge in [-0.3, -0.25) is 9.79 Å². The summed E-state index contributed by atoms with van der Waals surface area (Å²) in [6, 6.07) is 1.94. The van der Waals surface area contributed by atoms with Crippen LogP contribution in [-0.2, 0) is 4.79 Å². The van der Waals surface area contributed by atoms with Gasteiger partial charge >= 0.3 is 5.97 Å². The van der Waals surface area contributed by atoms with Gasteiger partial charge in [0.05, 0.1) is 0 Å². The van der Waals surface area contributed by atoms with E-state index in [9.17, 15) is 4.79 Å². The number of hydrogen-bond acceptors (Lipinski definition) is 4. The van der Waals surface area contributed by atoms with Gasteiger partial charge in [0.25, 0.3) is 0 Å². The van der Waals surface area contributed by atoms with Gasteiger partial charge in [0.2, 0.25) is 0 Å². The van der Waals surface area contributed by atoms with Crippen molar-refractivity contribution in [2.75, 3.05) is 13.2 Å². The van der Waals surface area contributed by atoms with Gasteiger partial charge in [-0.05, 0) is 11.4 Å². The van der Waals surface area contributed by atoms with Gasteiger partial charge in [-0.1, -0.05) is 0 Å². The first kappa shape index (κ1) is 8.25. The Labute approximate surface area is 78.4 Å². The Morgan fingerprint density at radius 1 is 1.77 bits per heavy atom. The van der Waals surface area contributed by atoms with Crippen LogP contribution in [-0.4, -0.2) is 29.2 Å². The lowest BCUT2D eigenvalue weighted by atomic mass is 10.4. The van der Waals surface area contributed by atoms with Gasteiger partial charge in [-0.25, -0.2) is 0 Å². The van der Waals surface area contributed by atoms with Crippen molar-refractivity contribution in [1.82, 2.24) is 4.90 Å². The second-order valence-corrected chi connectivity index (χ2v) is 3.64. The molecule has 1 N–H and O–H groups in total. The molecule has 0 spiro atoms. The SMILES string of the molecule is O=C(O)CN1C=c2ccsc2=NC1. The zero-order valence-corrected chi connectivity index (χ0v) is 7.62. The lowest BCUT2D eigenvalue weighted by molar-refractivity contribution is -0.137. The monoisotopic (exact) mass is 196 g/mol. The second-order valence-electron chi connectivity index (χ2n) is 2.75. The number of carboxylic acid groups (broad SMARTS) is 1. The highest BCUT2D eigenvalue weighted by Gasteiger charge is 2.07. The van der Waals surface area contributed by atoms with Crippen LogP contribution >= 0.6 is 11.3 Å². The molecule has 1 aromatic heterocycles. The summed E-state index contributed by atoms with van der Waals surface area (Å²) in [4.78, 5) is 16.3. The van der Waals surface area contributed by atoms with E-state index in [2.05, 4.69) is 4.99 Å². The molecule has 1 aromatic rings. The van der Waals surface area contributed by atoms with Crippen molar-refractivity contribution in [3.05, 3.63) is 21.3 Å². The number of carboxylic acids is 1. The minimum absolute atomic E-state index is 0.0127. The maximum atomic E-state index is 10.4. The first-order valence-corrected chi connectivity index (χ1v) is 4.69. The highest BCUT2D eigenvalue weighted by atomic mass is 32.1. The molecule has 2 heterocycles. The lowest BCUT2D eigenvalue weighted by Crippen LogP contribution is -2.35. The third-order valence-corrected chi connectivity index (χ3v) is 2.59. The maximum Gasteiger partial charge on any atom is 0.323 e. The standard InChI is InChI=1S/C8H8N2O2S/c11-7(12)4-10-3-6-1-2-13-8(6)9-5-10/h1-3H,4-5H2,(H,11,12). The molecule has 1 aliphatic rings. The molecule has 13 heavy (non-hydrogen) atoms. The number of thiophene rings is 1. The van der Waals surface area contributed by atoms with Crippen LogP contribution in [0.2, 0.25) is 0 Å². The summed E-state index contributed by atoms with van der Waals surface area (Å²) in [6.07, 6.45) is 1.84. The van der Waals surface area contributed by atoms with Crippen LogP contribution < -0.4 is 9.89 Å². The second kappa shape index (κ2) is 3.18. The van der Waals surface area contributed by atoms with Crippen molar-refractivity contribution in [2.24, 2.45) is 4.99 Å². The molecule has 0 saturated carbocycles. The fraction of sp³-hybridized carbons (Fsp3) is 0.250. The van der Waals surface area contributed by atoms with Crippen LogP contribution in [0.25, 0.3) is 6.20 Å². The number of fused-ring (bicyclic) bond motifs is 1. The largest absolute Gasteiger partial charge is 0.480 e. The molecule has 1 aliphatic heterocycles. The molecule has 2 rings (SSSR count). The van der Waals surface area contributed by atoms with Crippen molar-refractivity contribution < 1.29 is 9.90 Å². The Kier molecular flexibility index (Phi) is 2.02. The Balaban J connectivity index is 2.28. The smallest absolute Gasteiger partial charge is 0.323 e. The molecule has 0 aliphatic carbocycles. The van der Waals surface area contributed by atoms with Crippen LogP contribution in [0.5, 0.6) is 0 Å². The topological polar surface area (TPSA) is 52.9 Å². The first-order valence-electron chi connectivity index (χ1n) is 3.81. The van der Waals surface area contributed by atoms with Gasteiger partial charge in [0.1, 0.15) is 17.9 Å². The molecular formula is C8H8N2O2S. The summed E-state index contributed by atoms with van der Waals surface area (Å²) < 4.78 is 0.988. The zero-order valence-electron chi connectivity index (χ0n) is 6.80. The van der Waals surface area contributed by atoms with Gasteiger partial charge in [-0.15, -0.1) is 11.3 Å². The predicted molar refractivity (Wildman–Crippen MR) is 48.8 cm³/mol. The van der Waals surface area contributed by atoms with E-state index in [1.165, 1.54) is 0 Å². The molecule has 0 saturated heterocycles. The van der Waals surface area contributed by atoms with Crippen molar-refractivity contribution in [3.63, 3.8) is 0 Å². The van der Waals surface area contributed by atoms with Crippen LogP contribution in [0.4, 0.5) is 0 Å². The third-order valence-electron chi connectivity index (χ3n) is 1.73. The van der Waals surface area contributed by atoms with Gasteiger partial charge in [0.15, 0.2) is 0 Å². The quantitative estimate of drug-likeness (QED) is 0.691. The highest BCUT2D eigenvalue weighted by Crippen LogP contribution is 1.94. The molecule has 0 amide bonds. The highest BCUT2D eigenvalue weighted by molar-refractivity contribution is 7.07. The zero-order chi connectivity index (χ0) is 9.26. The first-order chi connectivity index (χ1) is 6.25. The van der Waals surface area contributed by atoms with E-state index < -0.39 is 5.97 Å². The van der Waals surface area contributed by atoms with Gasteiger partial charge in [0, 0.05) is 11.4 Å². The molecule has 0 bridgehead atoms. The van der Waals surface area contributed by atoms with E-state index in [0.29, 0.717) is 6.67 Å². The summed E-state index contributed by atoms with van der Waals surface area (Å²) in [6.45, 7) is 0.457. The number of carbonyl (C=O) groups is 1. The summed E-state index contributed by atoms with van der Waals surface area (Å²) in [5.41, 5.74) is 0. The van der Waals surface area contributed by atoms with Crippen LogP contribution in [0, 0.1) is 0 Å². The fourth-order valence-corrected chi connectivity index (χ4v) is 1.93. The molecule has 68 valence electrons. The molecule has 0 unspecified atom stereocenters.